The Hall–Kier alpha value is -2.94. The molecule has 22 heavy (non-hydrogen) atoms. The first-order chi connectivity index (χ1) is 10.8. The molecular weight excluding hydrogens is 278 g/mol. The van der Waals surface area contributed by atoms with Gasteiger partial charge < -0.3 is 10.2 Å². The second-order valence-corrected chi connectivity index (χ2v) is 5.08. The van der Waals surface area contributed by atoms with Gasteiger partial charge in [-0.25, -0.2) is 0 Å². The largest absolute Gasteiger partial charge is 0.365 e. The minimum atomic E-state index is 0.193. The SMILES string of the molecule is N#Cc1ccc(NCc2ccc(N3CCCC3=O)cc2)nn1. The molecular formula is C16H15N5O. The summed E-state index contributed by atoms with van der Waals surface area (Å²) in [5, 5.41) is 19.5. The van der Waals surface area contributed by atoms with Crippen molar-refractivity contribution in [2.24, 2.45) is 0 Å². The van der Waals surface area contributed by atoms with Crippen molar-refractivity contribution in [2.45, 2.75) is 19.4 Å². The van der Waals surface area contributed by atoms with E-state index in [2.05, 4.69) is 15.5 Å². The molecule has 0 unspecified atom stereocenters. The minimum absolute atomic E-state index is 0.193. The van der Waals surface area contributed by atoms with Crippen molar-refractivity contribution in [3.63, 3.8) is 0 Å². The Morgan fingerprint density at radius 1 is 1.18 bits per heavy atom. The van der Waals surface area contributed by atoms with E-state index < -0.39 is 0 Å². The van der Waals surface area contributed by atoms with Crippen LogP contribution in [0.25, 0.3) is 0 Å². The summed E-state index contributed by atoms with van der Waals surface area (Å²) < 4.78 is 0. The quantitative estimate of drug-likeness (QED) is 0.933. The van der Waals surface area contributed by atoms with E-state index in [-0.39, 0.29) is 5.91 Å². The van der Waals surface area contributed by atoms with Crippen molar-refractivity contribution >= 4 is 17.4 Å². The van der Waals surface area contributed by atoms with Crippen LogP contribution >= 0.6 is 0 Å². The molecule has 6 nitrogen and oxygen atoms in total. The zero-order valence-electron chi connectivity index (χ0n) is 12.0. The number of benzene rings is 1. The van der Waals surface area contributed by atoms with Crippen molar-refractivity contribution in [1.82, 2.24) is 10.2 Å². The van der Waals surface area contributed by atoms with Crippen LogP contribution in [-0.2, 0) is 11.3 Å². The summed E-state index contributed by atoms with van der Waals surface area (Å²) in [6, 6.07) is 13.2. The topological polar surface area (TPSA) is 81.9 Å². The van der Waals surface area contributed by atoms with Gasteiger partial charge >= 0.3 is 0 Å². The van der Waals surface area contributed by atoms with Crippen molar-refractivity contribution < 1.29 is 4.79 Å². The molecule has 6 heteroatoms. The average molecular weight is 293 g/mol. The summed E-state index contributed by atoms with van der Waals surface area (Å²) in [5.41, 5.74) is 2.33. The van der Waals surface area contributed by atoms with E-state index in [4.69, 9.17) is 5.26 Å². The molecule has 0 aliphatic carbocycles. The first-order valence-corrected chi connectivity index (χ1v) is 7.13. The third-order valence-electron chi connectivity index (χ3n) is 3.57. The maximum atomic E-state index is 11.7. The van der Waals surface area contributed by atoms with Gasteiger partial charge in [0.1, 0.15) is 11.9 Å². The summed E-state index contributed by atoms with van der Waals surface area (Å²) >= 11 is 0. The Kier molecular flexibility index (Phi) is 3.97. The molecule has 0 radical (unpaired) electrons. The van der Waals surface area contributed by atoms with Crippen molar-refractivity contribution in [3.8, 4) is 6.07 Å². The lowest BCUT2D eigenvalue weighted by Gasteiger charge is -2.16. The highest BCUT2D eigenvalue weighted by atomic mass is 16.2. The number of rotatable bonds is 4. The fraction of sp³-hybridized carbons (Fsp3) is 0.250. The summed E-state index contributed by atoms with van der Waals surface area (Å²) in [5.74, 6) is 0.816. The first kappa shape index (κ1) is 14.0. The Balaban J connectivity index is 1.61. The van der Waals surface area contributed by atoms with Crippen molar-refractivity contribution in [2.75, 3.05) is 16.8 Å². The molecule has 0 saturated carbocycles. The third kappa shape index (κ3) is 3.04. The molecule has 1 aromatic heterocycles. The number of hydrogen-bond acceptors (Lipinski definition) is 5. The van der Waals surface area contributed by atoms with E-state index in [9.17, 15) is 4.79 Å². The van der Waals surface area contributed by atoms with Crippen LogP contribution in [-0.4, -0.2) is 22.6 Å². The van der Waals surface area contributed by atoms with Crippen LogP contribution in [0.3, 0.4) is 0 Å². The second-order valence-electron chi connectivity index (χ2n) is 5.08. The lowest BCUT2D eigenvalue weighted by molar-refractivity contribution is -0.117. The van der Waals surface area contributed by atoms with Crippen LogP contribution in [0, 0.1) is 11.3 Å². The molecule has 3 rings (SSSR count). The maximum absolute atomic E-state index is 11.7. The zero-order valence-corrected chi connectivity index (χ0v) is 12.0. The predicted octanol–water partition coefficient (Wildman–Crippen LogP) is 2.09. The molecule has 1 fully saturated rings. The molecule has 0 atom stereocenters. The highest BCUT2D eigenvalue weighted by Crippen LogP contribution is 2.21. The number of carbonyl (C=O) groups excluding carboxylic acids is 1. The summed E-state index contributed by atoms with van der Waals surface area (Å²) in [4.78, 5) is 13.5. The number of nitriles is 1. The Labute approximate surface area is 128 Å². The summed E-state index contributed by atoms with van der Waals surface area (Å²) in [7, 11) is 0. The molecule has 1 saturated heterocycles. The molecule has 1 N–H and O–H groups in total. The highest BCUT2D eigenvalue weighted by Gasteiger charge is 2.21. The standard InChI is InChI=1S/C16H15N5O/c17-10-13-5-8-15(20-19-13)18-11-12-3-6-14(7-4-12)21-9-1-2-16(21)22/h3-8H,1-2,9,11H2,(H,18,20). The van der Waals surface area contributed by atoms with Gasteiger partial charge in [-0.1, -0.05) is 12.1 Å². The van der Waals surface area contributed by atoms with Crippen LogP contribution in [0.15, 0.2) is 36.4 Å². The number of aromatic nitrogens is 2. The van der Waals surface area contributed by atoms with Crippen LogP contribution in [0.2, 0.25) is 0 Å². The number of carbonyl (C=O) groups is 1. The van der Waals surface area contributed by atoms with E-state index in [0.717, 1.165) is 24.2 Å². The lowest BCUT2D eigenvalue weighted by Crippen LogP contribution is -2.23. The number of amides is 1. The van der Waals surface area contributed by atoms with E-state index in [0.29, 0.717) is 24.5 Å². The molecule has 1 aliphatic heterocycles. The zero-order chi connectivity index (χ0) is 15.4. The number of hydrogen-bond donors (Lipinski definition) is 1. The molecule has 0 bridgehead atoms. The van der Waals surface area contributed by atoms with Gasteiger partial charge in [-0.05, 0) is 36.2 Å². The van der Waals surface area contributed by atoms with Crippen molar-refractivity contribution in [3.05, 3.63) is 47.7 Å². The van der Waals surface area contributed by atoms with E-state index >= 15 is 0 Å². The van der Waals surface area contributed by atoms with E-state index in [1.807, 2.05) is 35.2 Å². The third-order valence-corrected chi connectivity index (χ3v) is 3.57. The van der Waals surface area contributed by atoms with Gasteiger partial charge in [0, 0.05) is 25.2 Å². The van der Waals surface area contributed by atoms with E-state index in [1.54, 1.807) is 12.1 Å². The number of nitrogens with zero attached hydrogens (tertiary/aromatic N) is 4. The Morgan fingerprint density at radius 3 is 2.59 bits per heavy atom. The molecule has 1 amide bonds. The number of nitrogens with one attached hydrogen (secondary N) is 1. The van der Waals surface area contributed by atoms with Gasteiger partial charge in [-0.3, -0.25) is 4.79 Å². The molecule has 0 spiro atoms. The molecule has 1 aromatic carbocycles. The average Bonchev–Trinajstić information content (AvgIpc) is 3.00. The van der Waals surface area contributed by atoms with Gasteiger partial charge in [0.2, 0.25) is 5.91 Å². The van der Waals surface area contributed by atoms with Crippen molar-refractivity contribution in [1.29, 1.82) is 5.26 Å². The molecule has 1 aliphatic rings. The molecule has 110 valence electrons. The van der Waals surface area contributed by atoms with Gasteiger partial charge in [-0.2, -0.15) is 5.26 Å². The highest BCUT2D eigenvalue weighted by molar-refractivity contribution is 5.95. The van der Waals surface area contributed by atoms with Crippen LogP contribution in [0.1, 0.15) is 24.1 Å². The monoisotopic (exact) mass is 293 g/mol. The fourth-order valence-corrected chi connectivity index (χ4v) is 2.39. The lowest BCUT2D eigenvalue weighted by atomic mass is 10.2. The predicted molar refractivity (Wildman–Crippen MR) is 82.1 cm³/mol. The van der Waals surface area contributed by atoms with Gasteiger partial charge in [0.25, 0.3) is 0 Å². The van der Waals surface area contributed by atoms with Gasteiger partial charge in [0.05, 0.1) is 0 Å². The normalized spacial score (nSPS) is 14.0. The van der Waals surface area contributed by atoms with Gasteiger partial charge in [-0.15, -0.1) is 10.2 Å². The maximum Gasteiger partial charge on any atom is 0.227 e. The Bertz CT molecular complexity index is 703. The molecule has 2 aromatic rings. The number of anilines is 2. The van der Waals surface area contributed by atoms with E-state index in [1.165, 1.54) is 0 Å². The second kappa shape index (κ2) is 6.22. The smallest absolute Gasteiger partial charge is 0.227 e. The Morgan fingerprint density at radius 2 is 2.00 bits per heavy atom. The minimum Gasteiger partial charge on any atom is -0.365 e. The van der Waals surface area contributed by atoms with Crippen LogP contribution in [0.4, 0.5) is 11.5 Å². The molecule has 2 heterocycles. The van der Waals surface area contributed by atoms with Crippen LogP contribution < -0.4 is 10.2 Å². The summed E-state index contributed by atoms with van der Waals surface area (Å²) in [6.45, 7) is 1.41. The summed E-state index contributed by atoms with van der Waals surface area (Å²) in [6.07, 6.45) is 1.57. The first-order valence-electron chi connectivity index (χ1n) is 7.13. The van der Waals surface area contributed by atoms with Gasteiger partial charge in [0.15, 0.2) is 5.69 Å². The van der Waals surface area contributed by atoms with Crippen LogP contribution in [0.5, 0.6) is 0 Å². The fourth-order valence-electron chi connectivity index (χ4n) is 2.39.